The van der Waals surface area contributed by atoms with Crippen LogP contribution in [0, 0.1) is 13.8 Å². The number of thioether (sulfide) groups is 1. The molecule has 1 aliphatic carbocycles. The molecule has 3 heterocycles. The van der Waals surface area contributed by atoms with E-state index in [-0.39, 0.29) is 16.8 Å². The van der Waals surface area contributed by atoms with Crippen molar-refractivity contribution in [3.63, 3.8) is 0 Å². The number of hydrogen-bond donors (Lipinski definition) is 1. The minimum absolute atomic E-state index is 0.0369. The third-order valence-corrected chi connectivity index (χ3v) is 6.24. The van der Waals surface area contributed by atoms with Gasteiger partial charge in [0.1, 0.15) is 0 Å². The second kappa shape index (κ2) is 7.59. The highest BCUT2D eigenvalue weighted by Crippen LogP contribution is 2.42. The highest BCUT2D eigenvalue weighted by Gasteiger charge is 2.32. The van der Waals surface area contributed by atoms with Crippen molar-refractivity contribution < 1.29 is 9.59 Å². The molecular formula is C21H23N5O2S. The quantitative estimate of drug-likeness (QED) is 0.465. The van der Waals surface area contributed by atoms with Gasteiger partial charge in [-0.25, -0.2) is 0 Å². The summed E-state index contributed by atoms with van der Waals surface area (Å²) in [5.41, 5.74) is 3.46. The molecule has 0 bridgehead atoms. The third kappa shape index (κ3) is 3.64. The summed E-state index contributed by atoms with van der Waals surface area (Å²) < 4.78 is 2.12. The minimum atomic E-state index is -0.366. The number of H-pyrrole nitrogens is 1. The molecule has 0 amide bonds. The molecule has 3 aromatic heterocycles. The van der Waals surface area contributed by atoms with Crippen LogP contribution in [0.1, 0.15) is 64.8 Å². The Labute approximate surface area is 173 Å². The van der Waals surface area contributed by atoms with Crippen molar-refractivity contribution >= 4 is 23.3 Å². The Morgan fingerprint density at radius 2 is 2.03 bits per heavy atom. The normalized spacial score (nSPS) is 14.8. The minimum Gasteiger partial charge on any atom is -0.355 e. The molecular weight excluding hydrogens is 386 g/mol. The second-order valence-electron chi connectivity index (χ2n) is 7.45. The Kier molecular flexibility index (Phi) is 5.12. The smallest absolute Gasteiger partial charge is 0.192 e. The van der Waals surface area contributed by atoms with Gasteiger partial charge in [-0.05, 0) is 58.2 Å². The maximum absolute atomic E-state index is 13.1. The maximum Gasteiger partial charge on any atom is 0.192 e. The summed E-state index contributed by atoms with van der Waals surface area (Å²) in [5.74, 6) is 0.704. The highest BCUT2D eigenvalue weighted by molar-refractivity contribution is 8.00. The summed E-state index contributed by atoms with van der Waals surface area (Å²) in [6.07, 6.45) is 5.67. The first kappa shape index (κ1) is 19.6. The number of carbonyl (C=O) groups excluding carboxylic acids is 2. The van der Waals surface area contributed by atoms with Crippen LogP contribution < -0.4 is 0 Å². The number of carbonyl (C=O) groups is 2. The molecule has 0 aromatic carbocycles. The lowest BCUT2D eigenvalue weighted by molar-refractivity contribution is 0.0988. The van der Waals surface area contributed by atoms with Gasteiger partial charge in [0.05, 0.1) is 10.9 Å². The van der Waals surface area contributed by atoms with Crippen molar-refractivity contribution in [3.8, 4) is 11.4 Å². The van der Waals surface area contributed by atoms with E-state index in [1.165, 1.54) is 18.7 Å². The molecule has 150 valence electrons. The van der Waals surface area contributed by atoms with Gasteiger partial charge in [-0.3, -0.25) is 19.1 Å². The lowest BCUT2D eigenvalue weighted by atomic mass is 10.0. The van der Waals surface area contributed by atoms with Gasteiger partial charge < -0.3 is 4.98 Å². The lowest BCUT2D eigenvalue weighted by Crippen LogP contribution is -2.16. The van der Waals surface area contributed by atoms with Crippen LogP contribution >= 0.6 is 11.8 Å². The number of hydrogen-bond acceptors (Lipinski definition) is 6. The van der Waals surface area contributed by atoms with E-state index >= 15 is 0 Å². The average molecular weight is 410 g/mol. The fraction of sp³-hybridized carbons (Fsp3) is 0.381. The molecule has 1 aliphatic rings. The molecule has 0 aliphatic heterocycles. The van der Waals surface area contributed by atoms with Gasteiger partial charge in [-0.15, -0.1) is 10.2 Å². The number of aromatic amines is 1. The van der Waals surface area contributed by atoms with Crippen molar-refractivity contribution in [1.82, 2.24) is 24.7 Å². The average Bonchev–Trinajstić information content (AvgIpc) is 3.38. The molecule has 1 fully saturated rings. The summed E-state index contributed by atoms with van der Waals surface area (Å²) in [5, 5.41) is 9.13. The first-order valence-corrected chi connectivity index (χ1v) is 10.5. The number of aryl methyl sites for hydroxylation is 1. The standard InChI is InChI=1S/C21H23N5O2S/c1-11-17(13(3)27)12(2)23-18(11)19(28)14(4)29-21-25-24-20(26(21)16-7-8-16)15-6-5-9-22-10-15/h5-6,9-10,14,16,23H,7-8H2,1-4H3. The molecule has 0 saturated heterocycles. The van der Waals surface area contributed by atoms with Crippen LogP contribution in [-0.2, 0) is 0 Å². The van der Waals surface area contributed by atoms with Crippen LogP contribution in [0.3, 0.4) is 0 Å². The fourth-order valence-electron chi connectivity index (χ4n) is 3.65. The monoisotopic (exact) mass is 409 g/mol. The number of rotatable bonds is 7. The van der Waals surface area contributed by atoms with Gasteiger partial charge in [-0.2, -0.15) is 0 Å². The molecule has 1 atom stereocenters. The number of pyridine rings is 1. The van der Waals surface area contributed by atoms with Crippen LogP contribution in [-0.4, -0.2) is 41.5 Å². The summed E-state index contributed by atoms with van der Waals surface area (Å²) in [4.78, 5) is 32.3. The molecule has 1 unspecified atom stereocenters. The van der Waals surface area contributed by atoms with Crippen molar-refractivity contribution in [2.75, 3.05) is 0 Å². The topological polar surface area (TPSA) is 93.5 Å². The first-order chi connectivity index (χ1) is 13.9. The van der Waals surface area contributed by atoms with Crippen LogP contribution in [0.15, 0.2) is 29.7 Å². The zero-order valence-electron chi connectivity index (χ0n) is 16.9. The summed E-state index contributed by atoms with van der Waals surface area (Å²) in [6, 6.07) is 4.21. The molecule has 1 saturated carbocycles. The Morgan fingerprint density at radius 1 is 1.28 bits per heavy atom. The number of nitrogens with one attached hydrogen (secondary N) is 1. The van der Waals surface area contributed by atoms with E-state index in [0.717, 1.165) is 35.1 Å². The number of Topliss-reactive ketones (excluding diaryl/α,β-unsaturated/α-hetero) is 2. The molecule has 7 nitrogen and oxygen atoms in total. The van der Waals surface area contributed by atoms with Crippen LogP contribution in [0.5, 0.6) is 0 Å². The van der Waals surface area contributed by atoms with Crippen LogP contribution in [0.25, 0.3) is 11.4 Å². The largest absolute Gasteiger partial charge is 0.355 e. The van der Waals surface area contributed by atoms with Gasteiger partial charge in [0, 0.05) is 35.3 Å². The second-order valence-corrected chi connectivity index (χ2v) is 8.76. The zero-order chi connectivity index (χ0) is 20.7. The third-order valence-electron chi connectivity index (χ3n) is 5.18. The molecule has 8 heteroatoms. The number of ketones is 2. The molecule has 29 heavy (non-hydrogen) atoms. The van der Waals surface area contributed by atoms with Crippen LogP contribution in [0.2, 0.25) is 0 Å². The first-order valence-electron chi connectivity index (χ1n) is 9.64. The van der Waals surface area contributed by atoms with E-state index in [4.69, 9.17) is 0 Å². The lowest BCUT2D eigenvalue weighted by Gasteiger charge is -2.12. The van der Waals surface area contributed by atoms with Crippen molar-refractivity contribution in [3.05, 3.63) is 47.0 Å². The predicted octanol–water partition coefficient (Wildman–Crippen LogP) is 4.19. The van der Waals surface area contributed by atoms with Crippen molar-refractivity contribution in [1.29, 1.82) is 0 Å². The molecule has 4 rings (SSSR count). The summed E-state index contributed by atoms with van der Waals surface area (Å²) >= 11 is 1.40. The Bertz CT molecular complexity index is 1080. The van der Waals surface area contributed by atoms with Crippen LogP contribution in [0.4, 0.5) is 0 Å². The van der Waals surface area contributed by atoms with E-state index in [1.807, 2.05) is 32.9 Å². The van der Waals surface area contributed by atoms with E-state index in [0.29, 0.717) is 22.9 Å². The number of nitrogens with zero attached hydrogens (tertiary/aromatic N) is 4. The van der Waals surface area contributed by atoms with Gasteiger partial charge in [-0.1, -0.05) is 11.8 Å². The van der Waals surface area contributed by atoms with E-state index in [2.05, 4.69) is 24.7 Å². The van der Waals surface area contributed by atoms with Gasteiger partial charge in [0.25, 0.3) is 0 Å². The zero-order valence-corrected chi connectivity index (χ0v) is 17.7. The molecule has 0 radical (unpaired) electrons. The molecule has 3 aromatic rings. The number of aromatic nitrogens is 5. The highest BCUT2D eigenvalue weighted by atomic mass is 32.2. The van der Waals surface area contributed by atoms with Crippen molar-refractivity contribution in [2.45, 2.75) is 57.0 Å². The Morgan fingerprint density at radius 3 is 2.62 bits per heavy atom. The maximum atomic E-state index is 13.1. The molecule has 1 N–H and O–H groups in total. The van der Waals surface area contributed by atoms with E-state index in [9.17, 15) is 9.59 Å². The van der Waals surface area contributed by atoms with Crippen molar-refractivity contribution in [2.24, 2.45) is 0 Å². The van der Waals surface area contributed by atoms with E-state index in [1.54, 1.807) is 12.4 Å². The predicted molar refractivity (Wildman–Crippen MR) is 111 cm³/mol. The Hall–Kier alpha value is -2.74. The van der Waals surface area contributed by atoms with Gasteiger partial charge in [0.15, 0.2) is 22.5 Å². The summed E-state index contributed by atoms with van der Waals surface area (Å²) in [6.45, 7) is 7.03. The molecule has 0 spiro atoms. The van der Waals surface area contributed by atoms with Gasteiger partial charge >= 0.3 is 0 Å². The SMILES string of the molecule is CC(=O)c1c(C)[nH]c(C(=O)C(C)Sc2nnc(-c3cccnc3)n2C2CC2)c1C. The fourth-order valence-corrected chi connectivity index (χ4v) is 4.63. The van der Waals surface area contributed by atoms with E-state index < -0.39 is 0 Å². The summed E-state index contributed by atoms with van der Waals surface area (Å²) in [7, 11) is 0. The Balaban J connectivity index is 1.62. The van der Waals surface area contributed by atoms with Gasteiger partial charge in [0.2, 0.25) is 0 Å².